The summed E-state index contributed by atoms with van der Waals surface area (Å²) >= 11 is 0. The van der Waals surface area contributed by atoms with Gasteiger partial charge in [0, 0.05) is 32.2 Å². The Morgan fingerprint density at radius 1 is 1.50 bits per heavy atom. The molecule has 2 N–H and O–H groups in total. The number of hydrogen-bond acceptors (Lipinski definition) is 3. The summed E-state index contributed by atoms with van der Waals surface area (Å²) < 4.78 is 0. The minimum atomic E-state index is -0.887. The van der Waals surface area contributed by atoms with Crippen molar-refractivity contribution in [3.05, 3.63) is 0 Å². The van der Waals surface area contributed by atoms with E-state index in [1.165, 1.54) is 4.90 Å². The molecule has 0 spiro atoms. The van der Waals surface area contributed by atoms with Gasteiger partial charge in [0.25, 0.3) is 0 Å². The molecule has 1 aliphatic rings. The number of rotatable bonds is 4. The standard InChI is InChI=1S/C12H23N3O3/c1-9-8-10(4-6-14(9)2)13-12(18)15(3)7-5-11(16)17/h9-10H,4-8H2,1-3H3,(H,13,18)(H,16,17). The van der Waals surface area contributed by atoms with Gasteiger partial charge in [-0.2, -0.15) is 0 Å². The maximum Gasteiger partial charge on any atom is 0.317 e. The van der Waals surface area contributed by atoms with Gasteiger partial charge >= 0.3 is 12.0 Å². The number of hydrogen-bond donors (Lipinski definition) is 2. The number of amides is 2. The highest BCUT2D eigenvalue weighted by molar-refractivity contribution is 5.75. The predicted molar refractivity (Wildman–Crippen MR) is 68.5 cm³/mol. The van der Waals surface area contributed by atoms with Gasteiger partial charge in [-0.1, -0.05) is 0 Å². The van der Waals surface area contributed by atoms with E-state index in [9.17, 15) is 9.59 Å². The van der Waals surface area contributed by atoms with Gasteiger partial charge in [0.2, 0.25) is 0 Å². The molecule has 6 nitrogen and oxygen atoms in total. The minimum absolute atomic E-state index is 0.0201. The van der Waals surface area contributed by atoms with Crippen LogP contribution in [0.15, 0.2) is 0 Å². The maximum atomic E-state index is 11.8. The Balaban J connectivity index is 2.33. The second kappa shape index (κ2) is 6.58. The van der Waals surface area contributed by atoms with Crippen molar-refractivity contribution in [2.24, 2.45) is 0 Å². The highest BCUT2D eigenvalue weighted by Gasteiger charge is 2.24. The van der Waals surface area contributed by atoms with Crippen LogP contribution in [0.3, 0.4) is 0 Å². The number of carboxylic acids is 1. The Bertz CT molecular complexity index is 309. The van der Waals surface area contributed by atoms with Gasteiger partial charge in [-0.05, 0) is 26.8 Å². The lowest BCUT2D eigenvalue weighted by molar-refractivity contribution is -0.137. The topological polar surface area (TPSA) is 72.9 Å². The zero-order valence-corrected chi connectivity index (χ0v) is 11.3. The first-order valence-corrected chi connectivity index (χ1v) is 6.33. The second-order valence-corrected chi connectivity index (χ2v) is 5.07. The number of likely N-dealkylation sites (tertiary alicyclic amines) is 1. The summed E-state index contributed by atoms with van der Waals surface area (Å²) in [5, 5.41) is 11.5. The molecule has 1 heterocycles. The Morgan fingerprint density at radius 2 is 2.17 bits per heavy atom. The fourth-order valence-corrected chi connectivity index (χ4v) is 2.07. The molecule has 2 amide bonds. The van der Waals surface area contributed by atoms with Crippen molar-refractivity contribution >= 4 is 12.0 Å². The summed E-state index contributed by atoms with van der Waals surface area (Å²) in [5.41, 5.74) is 0. The molecule has 1 aliphatic heterocycles. The third-order valence-electron chi connectivity index (χ3n) is 3.54. The number of nitrogens with one attached hydrogen (secondary N) is 1. The van der Waals surface area contributed by atoms with Crippen molar-refractivity contribution in [1.29, 1.82) is 0 Å². The smallest absolute Gasteiger partial charge is 0.317 e. The molecule has 1 saturated heterocycles. The first-order valence-electron chi connectivity index (χ1n) is 6.33. The van der Waals surface area contributed by atoms with E-state index in [0.29, 0.717) is 6.04 Å². The molecule has 0 radical (unpaired) electrons. The second-order valence-electron chi connectivity index (χ2n) is 5.07. The lowest BCUT2D eigenvalue weighted by Crippen LogP contribution is -2.50. The van der Waals surface area contributed by atoms with Gasteiger partial charge in [0.15, 0.2) is 0 Å². The number of carbonyl (C=O) groups is 2. The number of piperidine rings is 1. The number of aliphatic carboxylic acids is 1. The first kappa shape index (κ1) is 14.8. The fourth-order valence-electron chi connectivity index (χ4n) is 2.07. The highest BCUT2D eigenvalue weighted by atomic mass is 16.4. The van der Waals surface area contributed by atoms with Crippen molar-refractivity contribution in [3.8, 4) is 0 Å². The zero-order chi connectivity index (χ0) is 13.7. The van der Waals surface area contributed by atoms with Gasteiger partial charge in [-0.3, -0.25) is 4.79 Å². The van der Waals surface area contributed by atoms with E-state index in [-0.39, 0.29) is 25.0 Å². The van der Waals surface area contributed by atoms with Crippen LogP contribution in [-0.4, -0.2) is 66.2 Å². The van der Waals surface area contributed by atoms with Crippen LogP contribution in [-0.2, 0) is 4.79 Å². The van der Waals surface area contributed by atoms with Crippen LogP contribution in [0.4, 0.5) is 4.79 Å². The van der Waals surface area contributed by atoms with Crippen LogP contribution in [0, 0.1) is 0 Å². The molecule has 0 bridgehead atoms. The van der Waals surface area contributed by atoms with Crippen LogP contribution in [0.2, 0.25) is 0 Å². The monoisotopic (exact) mass is 257 g/mol. The molecule has 0 aliphatic carbocycles. The maximum absolute atomic E-state index is 11.8. The van der Waals surface area contributed by atoms with Crippen LogP contribution >= 0.6 is 0 Å². The van der Waals surface area contributed by atoms with Gasteiger partial charge in [0.1, 0.15) is 0 Å². The average molecular weight is 257 g/mol. The van der Waals surface area contributed by atoms with Gasteiger partial charge in [-0.15, -0.1) is 0 Å². The molecule has 0 aromatic rings. The van der Waals surface area contributed by atoms with Gasteiger partial charge < -0.3 is 20.2 Å². The molecule has 1 fully saturated rings. The van der Waals surface area contributed by atoms with Crippen LogP contribution in [0.5, 0.6) is 0 Å². The van der Waals surface area contributed by atoms with E-state index in [0.717, 1.165) is 19.4 Å². The quantitative estimate of drug-likeness (QED) is 0.773. The summed E-state index contributed by atoms with van der Waals surface area (Å²) in [6.07, 6.45) is 1.86. The molecule has 2 unspecified atom stereocenters. The summed E-state index contributed by atoms with van der Waals surface area (Å²) in [7, 11) is 3.71. The van der Waals surface area contributed by atoms with Crippen molar-refractivity contribution in [2.45, 2.75) is 38.3 Å². The van der Waals surface area contributed by atoms with Crippen LogP contribution in [0.25, 0.3) is 0 Å². The Kier molecular flexibility index (Phi) is 5.40. The summed E-state index contributed by atoms with van der Waals surface area (Å²) in [6.45, 7) is 3.36. The van der Waals surface area contributed by atoms with Crippen molar-refractivity contribution < 1.29 is 14.7 Å². The number of carbonyl (C=O) groups excluding carboxylic acids is 1. The lowest BCUT2D eigenvalue weighted by atomic mass is 9.99. The zero-order valence-electron chi connectivity index (χ0n) is 11.3. The summed E-state index contributed by atoms with van der Waals surface area (Å²) in [5.74, 6) is -0.887. The minimum Gasteiger partial charge on any atom is -0.481 e. The number of carboxylic acid groups (broad SMARTS) is 1. The molecule has 104 valence electrons. The average Bonchev–Trinajstić information content (AvgIpc) is 2.30. The molecule has 6 heteroatoms. The van der Waals surface area contributed by atoms with E-state index in [1.807, 2.05) is 0 Å². The molecule has 1 rings (SSSR count). The van der Waals surface area contributed by atoms with Crippen molar-refractivity contribution in [2.75, 3.05) is 27.2 Å². The van der Waals surface area contributed by atoms with Crippen LogP contribution in [0.1, 0.15) is 26.2 Å². The van der Waals surface area contributed by atoms with Gasteiger partial charge in [0.05, 0.1) is 6.42 Å². The van der Waals surface area contributed by atoms with Crippen molar-refractivity contribution in [3.63, 3.8) is 0 Å². The fraction of sp³-hybridized carbons (Fsp3) is 0.833. The predicted octanol–water partition coefficient (Wildman–Crippen LogP) is 0.585. The van der Waals surface area contributed by atoms with E-state index in [1.54, 1.807) is 7.05 Å². The molecule has 0 saturated carbocycles. The number of nitrogens with zero attached hydrogens (tertiary/aromatic N) is 2. The SMILES string of the molecule is CC1CC(NC(=O)N(C)CCC(=O)O)CCN1C. The molecule has 0 aromatic heterocycles. The molecular weight excluding hydrogens is 234 g/mol. The molecule has 2 atom stereocenters. The summed E-state index contributed by atoms with van der Waals surface area (Å²) in [6, 6.07) is 0.474. The normalized spacial score (nSPS) is 24.6. The largest absolute Gasteiger partial charge is 0.481 e. The molecule has 18 heavy (non-hydrogen) atoms. The number of urea groups is 1. The third kappa shape index (κ3) is 4.52. The first-order chi connectivity index (χ1) is 8.40. The lowest BCUT2D eigenvalue weighted by Gasteiger charge is -2.36. The van der Waals surface area contributed by atoms with Crippen LogP contribution < -0.4 is 5.32 Å². The Hall–Kier alpha value is -1.30. The Labute approximate surface area is 108 Å². The van der Waals surface area contributed by atoms with Crippen molar-refractivity contribution in [1.82, 2.24) is 15.1 Å². The highest BCUT2D eigenvalue weighted by Crippen LogP contribution is 2.15. The van der Waals surface area contributed by atoms with Gasteiger partial charge in [-0.25, -0.2) is 4.79 Å². The van der Waals surface area contributed by atoms with E-state index >= 15 is 0 Å². The van der Waals surface area contributed by atoms with E-state index < -0.39 is 5.97 Å². The summed E-state index contributed by atoms with van der Waals surface area (Å²) in [4.78, 5) is 26.0. The van der Waals surface area contributed by atoms with E-state index in [2.05, 4.69) is 24.2 Å². The van der Waals surface area contributed by atoms with E-state index in [4.69, 9.17) is 5.11 Å². The third-order valence-corrected chi connectivity index (χ3v) is 3.54. The molecular formula is C12H23N3O3. The Morgan fingerprint density at radius 3 is 2.72 bits per heavy atom. The molecule has 0 aromatic carbocycles.